The molecule has 2 saturated heterocycles. The van der Waals surface area contributed by atoms with Crippen molar-refractivity contribution in [2.45, 2.75) is 64.3 Å². The average molecular weight is 666 g/mol. The topological polar surface area (TPSA) is 52.7 Å². The van der Waals surface area contributed by atoms with Gasteiger partial charge in [-0.3, -0.25) is 9.59 Å². The second-order valence-corrected chi connectivity index (χ2v) is 14.6. The number of piperidine rings is 2. The molecule has 0 saturated carbocycles. The van der Waals surface area contributed by atoms with E-state index in [1.165, 1.54) is 62.2 Å². The van der Waals surface area contributed by atoms with Gasteiger partial charge in [0.2, 0.25) is 5.91 Å². The summed E-state index contributed by atoms with van der Waals surface area (Å²) >= 11 is 1.69. The van der Waals surface area contributed by atoms with E-state index in [1.807, 2.05) is 52.3 Å². The molecule has 2 fully saturated rings. The lowest BCUT2D eigenvalue weighted by Crippen LogP contribution is -2.38. The smallest absolute Gasteiger partial charge is 0.253 e. The van der Waals surface area contributed by atoms with Gasteiger partial charge < -0.3 is 15.1 Å². The van der Waals surface area contributed by atoms with Crippen molar-refractivity contribution in [2.24, 2.45) is 11.8 Å². The Hall–Kier alpha value is -3.81. The van der Waals surface area contributed by atoms with Gasteiger partial charge in [0.05, 0.1) is 6.42 Å². The van der Waals surface area contributed by atoms with Crippen molar-refractivity contribution in [2.75, 3.05) is 32.7 Å². The number of nitrogens with one attached hydrogen (secondary N) is 1. The van der Waals surface area contributed by atoms with Crippen molar-refractivity contribution < 1.29 is 14.0 Å². The summed E-state index contributed by atoms with van der Waals surface area (Å²) in [7, 11) is 0. The van der Waals surface area contributed by atoms with Crippen LogP contribution in [0.5, 0.6) is 0 Å². The number of benzene rings is 3. The molecule has 7 heteroatoms. The summed E-state index contributed by atoms with van der Waals surface area (Å²) in [6.45, 7) is 5.06. The first kappa shape index (κ1) is 34.1. The van der Waals surface area contributed by atoms with Gasteiger partial charge in [-0.15, -0.1) is 11.3 Å². The van der Waals surface area contributed by atoms with Crippen LogP contribution < -0.4 is 5.32 Å². The van der Waals surface area contributed by atoms with Gasteiger partial charge in [-0.25, -0.2) is 4.39 Å². The SMILES string of the molecule is O=C(Cc1cccc(F)c1)N(CCc1cccs1)Cc1cccc(-c2cccc(C(=O)N3CCC(CCCC4CCNCC4)CC3)c2)c1. The highest BCUT2D eigenvalue weighted by atomic mass is 32.1. The first-order valence-corrected chi connectivity index (χ1v) is 18.6. The third-order valence-electron chi connectivity index (χ3n) is 10.1. The van der Waals surface area contributed by atoms with Crippen LogP contribution in [-0.2, 0) is 24.2 Å². The molecule has 48 heavy (non-hydrogen) atoms. The number of amides is 2. The molecule has 2 amide bonds. The van der Waals surface area contributed by atoms with Crippen molar-refractivity contribution in [1.29, 1.82) is 0 Å². The van der Waals surface area contributed by atoms with Crippen LogP contribution in [0.2, 0.25) is 0 Å². The molecular weight excluding hydrogens is 618 g/mol. The molecule has 0 bridgehead atoms. The summed E-state index contributed by atoms with van der Waals surface area (Å²) in [6.07, 6.45) is 9.73. The van der Waals surface area contributed by atoms with Gasteiger partial charge in [-0.2, -0.15) is 0 Å². The summed E-state index contributed by atoms with van der Waals surface area (Å²) in [6, 6.07) is 26.6. The minimum absolute atomic E-state index is 0.0271. The number of hydrogen-bond acceptors (Lipinski definition) is 4. The van der Waals surface area contributed by atoms with Gasteiger partial charge in [0.25, 0.3) is 5.91 Å². The molecule has 1 aromatic heterocycles. The van der Waals surface area contributed by atoms with Gasteiger partial charge >= 0.3 is 0 Å². The van der Waals surface area contributed by atoms with E-state index in [9.17, 15) is 14.0 Å². The Labute approximate surface area is 289 Å². The molecule has 3 aromatic carbocycles. The molecule has 0 atom stereocenters. The number of carbonyl (C=O) groups excluding carboxylic acids is 2. The fraction of sp³-hybridized carbons (Fsp3) is 0.415. The molecule has 0 radical (unpaired) electrons. The Morgan fingerprint density at radius 1 is 0.812 bits per heavy atom. The summed E-state index contributed by atoms with van der Waals surface area (Å²) < 4.78 is 13.9. The summed E-state index contributed by atoms with van der Waals surface area (Å²) in [5, 5.41) is 5.52. The minimum Gasteiger partial charge on any atom is -0.339 e. The fourth-order valence-corrected chi connectivity index (χ4v) is 8.00. The zero-order valence-corrected chi connectivity index (χ0v) is 28.7. The summed E-state index contributed by atoms with van der Waals surface area (Å²) in [5.74, 6) is 1.38. The van der Waals surface area contributed by atoms with Crippen LogP contribution in [0.25, 0.3) is 11.1 Å². The second-order valence-electron chi connectivity index (χ2n) is 13.6. The number of likely N-dealkylation sites (tertiary alicyclic amines) is 1. The van der Waals surface area contributed by atoms with Crippen LogP contribution >= 0.6 is 11.3 Å². The van der Waals surface area contributed by atoms with E-state index in [-0.39, 0.29) is 24.1 Å². The summed E-state index contributed by atoms with van der Waals surface area (Å²) in [5.41, 5.74) is 4.43. The number of thiophene rings is 1. The lowest BCUT2D eigenvalue weighted by Gasteiger charge is -2.32. The highest BCUT2D eigenvalue weighted by molar-refractivity contribution is 7.09. The molecule has 5 nitrogen and oxygen atoms in total. The van der Waals surface area contributed by atoms with E-state index in [2.05, 4.69) is 28.9 Å². The van der Waals surface area contributed by atoms with Crippen molar-refractivity contribution in [3.05, 3.63) is 118 Å². The quantitative estimate of drug-likeness (QED) is 0.156. The summed E-state index contributed by atoms with van der Waals surface area (Å²) in [4.78, 5) is 32.2. The van der Waals surface area contributed by atoms with Crippen LogP contribution in [0, 0.1) is 17.7 Å². The van der Waals surface area contributed by atoms with E-state index in [0.29, 0.717) is 18.7 Å². The molecule has 3 heterocycles. The van der Waals surface area contributed by atoms with Gasteiger partial charge in [-0.1, -0.05) is 67.8 Å². The predicted molar refractivity (Wildman–Crippen MR) is 193 cm³/mol. The van der Waals surface area contributed by atoms with Crippen LogP contribution in [0.3, 0.4) is 0 Å². The molecule has 1 N–H and O–H groups in total. The Balaban J connectivity index is 1.07. The van der Waals surface area contributed by atoms with Gasteiger partial charge in [-0.05, 0) is 121 Å². The first-order chi connectivity index (χ1) is 23.5. The van der Waals surface area contributed by atoms with Gasteiger partial charge in [0.1, 0.15) is 5.82 Å². The monoisotopic (exact) mass is 665 g/mol. The number of rotatable bonds is 13. The molecule has 0 unspecified atom stereocenters. The maximum atomic E-state index is 13.9. The fourth-order valence-electron chi connectivity index (χ4n) is 7.30. The lowest BCUT2D eigenvalue weighted by atomic mass is 9.87. The highest BCUT2D eigenvalue weighted by Gasteiger charge is 2.24. The van der Waals surface area contributed by atoms with Crippen LogP contribution in [0.4, 0.5) is 4.39 Å². The molecule has 0 aliphatic carbocycles. The van der Waals surface area contributed by atoms with Crippen LogP contribution in [0.1, 0.15) is 71.3 Å². The predicted octanol–water partition coefficient (Wildman–Crippen LogP) is 8.39. The molecule has 2 aliphatic rings. The molecular formula is C41H48FN3O2S. The van der Waals surface area contributed by atoms with Crippen LogP contribution in [0.15, 0.2) is 90.3 Å². The van der Waals surface area contributed by atoms with Gasteiger partial charge in [0.15, 0.2) is 0 Å². The Kier molecular flexibility index (Phi) is 12.1. The third kappa shape index (κ3) is 9.64. The van der Waals surface area contributed by atoms with E-state index < -0.39 is 0 Å². The van der Waals surface area contributed by atoms with Crippen molar-refractivity contribution >= 4 is 23.2 Å². The van der Waals surface area contributed by atoms with E-state index >= 15 is 0 Å². The van der Waals surface area contributed by atoms with Crippen LogP contribution in [-0.4, -0.2) is 54.3 Å². The van der Waals surface area contributed by atoms with Crippen molar-refractivity contribution in [3.8, 4) is 11.1 Å². The highest BCUT2D eigenvalue weighted by Crippen LogP contribution is 2.28. The Bertz CT molecular complexity index is 1630. The molecule has 0 spiro atoms. The van der Waals surface area contributed by atoms with Crippen molar-refractivity contribution in [3.63, 3.8) is 0 Å². The Morgan fingerprint density at radius 2 is 1.52 bits per heavy atom. The first-order valence-electron chi connectivity index (χ1n) is 17.7. The largest absolute Gasteiger partial charge is 0.339 e. The zero-order chi connectivity index (χ0) is 33.1. The van der Waals surface area contributed by atoms with E-state index in [4.69, 9.17) is 0 Å². The maximum Gasteiger partial charge on any atom is 0.253 e. The molecule has 4 aromatic rings. The molecule has 6 rings (SSSR count). The molecule has 252 valence electrons. The number of halogens is 1. The normalized spacial score (nSPS) is 15.8. The standard InChI is InChI=1S/C41H48FN3O2S/c42-38-13-3-8-33(27-38)28-40(46)45(24-19-39-14-5-25-48-39)30-34-9-2-10-35(26-34)36-11-4-12-37(29-36)41(47)44-22-17-32(18-23-44)7-1-6-31-15-20-43-21-16-31/h2-5,8-14,25-27,29,31-32,43H,1,6-7,15-24,28,30H2. The lowest BCUT2D eigenvalue weighted by molar-refractivity contribution is -0.131. The minimum atomic E-state index is -0.332. The average Bonchev–Trinajstić information content (AvgIpc) is 3.65. The molecule has 2 aliphatic heterocycles. The number of nitrogens with zero attached hydrogens (tertiary/aromatic N) is 2. The van der Waals surface area contributed by atoms with Crippen molar-refractivity contribution in [1.82, 2.24) is 15.1 Å². The zero-order valence-electron chi connectivity index (χ0n) is 27.9. The van der Waals surface area contributed by atoms with E-state index in [1.54, 1.807) is 23.5 Å². The van der Waals surface area contributed by atoms with E-state index in [0.717, 1.165) is 66.4 Å². The Morgan fingerprint density at radius 3 is 2.27 bits per heavy atom. The maximum absolute atomic E-state index is 13.9. The third-order valence-corrected chi connectivity index (χ3v) is 11.1. The van der Waals surface area contributed by atoms with Gasteiger partial charge in [0, 0.05) is 36.6 Å². The number of carbonyl (C=O) groups is 2. The second kappa shape index (κ2) is 17.0. The number of hydrogen-bond donors (Lipinski definition) is 1.